The Hall–Kier alpha value is -3.35. The number of carbonyl (C=O) groups is 1. The Kier molecular flexibility index (Phi) is 4.95. The van der Waals surface area contributed by atoms with Crippen molar-refractivity contribution in [2.24, 2.45) is 0 Å². The van der Waals surface area contributed by atoms with Crippen molar-refractivity contribution >= 4 is 28.4 Å². The van der Waals surface area contributed by atoms with Crippen molar-refractivity contribution in [2.75, 3.05) is 29.9 Å². The van der Waals surface area contributed by atoms with Crippen molar-refractivity contribution in [1.82, 2.24) is 29.9 Å². The first-order valence-electron chi connectivity index (χ1n) is 11.7. The maximum Gasteiger partial charge on any atom is 0.408 e. The number of likely N-dealkylation sites (tertiary alicyclic amines) is 1. The number of pyridine rings is 1. The molecule has 3 aromatic rings. The summed E-state index contributed by atoms with van der Waals surface area (Å²) in [6.07, 6.45) is 3.07. The number of aromatic amines is 1. The molecule has 2 amide bonds. The van der Waals surface area contributed by atoms with Crippen LogP contribution in [0, 0.1) is 0 Å². The van der Waals surface area contributed by atoms with E-state index in [9.17, 15) is 23.1 Å². The number of anilines is 2. The van der Waals surface area contributed by atoms with Crippen molar-refractivity contribution in [2.45, 2.75) is 56.5 Å². The second kappa shape index (κ2) is 7.83. The Labute approximate surface area is 198 Å². The van der Waals surface area contributed by atoms with Crippen molar-refractivity contribution in [3.05, 3.63) is 18.5 Å². The summed E-state index contributed by atoms with van der Waals surface area (Å²) in [7, 11) is 0. The summed E-state index contributed by atoms with van der Waals surface area (Å²) in [5.41, 5.74) is 1.38. The lowest BCUT2D eigenvalue weighted by molar-refractivity contribution is -0.141. The van der Waals surface area contributed by atoms with Crippen molar-refractivity contribution < 1.29 is 23.1 Å². The molecule has 10 nitrogen and oxygen atoms in total. The molecule has 0 atom stereocenters. The first-order chi connectivity index (χ1) is 16.7. The molecule has 3 aliphatic rings. The summed E-state index contributed by atoms with van der Waals surface area (Å²) in [6, 6.07) is 1.31. The van der Waals surface area contributed by atoms with E-state index in [4.69, 9.17) is 0 Å². The van der Waals surface area contributed by atoms with E-state index >= 15 is 0 Å². The molecular weight excluding hydrogens is 465 g/mol. The number of nitrogens with one attached hydrogen (secondary N) is 2. The molecule has 3 N–H and O–H groups in total. The van der Waals surface area contributed by atoms with E-state index in [1.54, 1.807) is 4.90 Å². The van der Waals surface area contributed by atoms with Crippen LogP contribution in [-0.4, -0.2) is 78.5 Å². The fourth-order valence-electron chi connectivity index (χ4n) is 5.18. The van der Waals surface area contributed by atoms with Crippen molar-refractivity contribution in [3.8, 4) is 11.4 Å². The zero-order valence-corrected chi connectivity index (χ0v) is 18.8. The van der Waals surface area contributed by atoms with Gasteiger partial charge in [0.05, 0.1) is 34.6 Å². The van der Waals surface area contributed by atoms with Crippen LogP contribution in [0.25, 0.3) is 22.3 Å². The zero-order chi connectivity index (χ0) is 24.4. The molecular formula is C22H25F3N8O2. The molecule has 5 heterocycles. The van der Waals surface area contributed by atoms with Crippen LogP contribution in [0.15, 0.2) is 18.5 Å². The normalized spacial score (nSPS) is 19.9. The number of carbonyl (C=O) groups excluding carboxylic acids is 1. The maximum absolute atomic E-state index is 13.3. The van der Waals surface area contributed by atoms with Gasteiger partial charge in [-0.2, -0.15) is 23.4 Å². The van der Waals surface area contributed by atoms with Gasteiger partial charge >= 0.3 is 12.2 Å². The summed E-state index contributed by atoms with van der Waals surface area (Å²) in [6.45, 7) is 0.0456. The second-order valence-electron chi connectivity index (χ2n) is 9.66. The van der Waals surface area contributed by atoms with E-state index in [0.717, 1.165) is 36.8 Å². The van der Waals surface area contributed by atoms with Crippen LogP contribution in [0.5, 0.6) is 0 Å². The molecule has 2 saturated heterocycles. The van der Waals surface area contributed by atoms with Gasteiger partial charge in [-0.15, -0.1) is 0 Å². The van der Waals surface area contributed by atoms with Gasteiger partial charge in [-0.1, -0.05) is 0 Å². The molecule has 0 aromatic carbocycles. The number of urea groups is 1. The average Bonchev–Trinajstić information content (AvgIpc) is 3.24. The van der Waals surface area contributed by atoms with Gasteiger partial charge in [0.15, 0.2) is 5.82 Å². The standard InChI is InChI=1S/C22H25F3N8O2/c23-22(24,25)12-33-17-7-15(26-8-14(17)19(30-33)31-10-13(34)11-31)18-16(9-27-29-18)28-20(35)32-6-2-1-3-21(32)4-5-21/h7-9,13,34H,1-6,10-12H2,(H,27,29)(H,28,35). The molecule has 1 saturated carbocycles. The summed E-state index contributed by atoms with van der Waals surface area (Å²) in [5, 5.41) is 24.0. The van der Waals surface area contributed by atoms with Crippen LogP contribution < -0.4 is 10.2 Å². The third kappa shape index (κ3) is 3.97. The minimum absolute atomic E-state index is 0.0334. The molecule has 0 bridgehead atoms. The van der Waals surface area contributed by atoms with Gasteiger partial charge in [-0.05, 0) is 38.2 Å². The third-order valence-corrected chi connectivity index (χ3v) is 7.16. The predicted octanol–water partition coefficient (Wildman–Crippen LogP) is 3.12. The van der Waals surface area contributed by atoms with E-state index in [1.165, 1.54) is 18.5 Å². The number of hydrogen-bond donors (Lipinski definition) is 3. The zero-order valence-electron chi connectivity index (χ0n) is 18.8. The summed E-state index contributed by atoms with van der Waals surface area (Å²) < 4.78 is 40.7. The molecule has 186 valence electrons. The lowest BCUT2D eigenvalue weighted by atomic mass is 10.0. The van der Waals surface area contributed by atoms with Crippen LogP contribution in [0.2, 0.25) is 0 Å². The number of aromatic nitrogens is 5. The van der Waals surface area contributed by atoms with Gasteiger partial charge < -0.3 is 20.2 Å². The minimum Gasteiger partial charge on any atom is -0.389 e. The molecule has 2 aliphatic heterocycles. The third-order valence-electron chi connectivity index (χ3n) is 7.16. The Morgan fingerprint density at radius 1 is 1.23 bits per heavy atom. The average molecular weight is 490 g/mol. The fourth-order valence-corrected chi connectivity index (χ4v) is 5.18. The summed E-state index contributed by atoms with van der Waals surface area (Å²) >= 11 is 0. The topological polar surface area (TPSA) is 115 Å². The maximum atomic E-state index is 13.3. The molecule has 0 unspecified atom stereocenters. The van der Waals surface area contributed by atoms with Crippen LogP contribution in [0.1, 0.15) is 32.1 Å². The number of aliphatic hydroxyl groups is 1. The van der Waals surface area contributed by atoms with Gasteiger partial charge in [0.1, 0.15) is 12.2 Å². The second-order valence-corrected chi connectivity index (χ2v) is 9.66. The van der Waals surface area contributed by atoms with Gasteiger partial charge in [0.2, 0.25) is 0 Å². The number of amides is 2. The van der Waals surface area contributed by atoms with Gasteiger partial charge in [0, 0.05) is 31.4 Å². The number of nitrogens with zero attached hydrogens (tertiary/aromatic N) is 6. The van der Waals surface area contributed by atoms with Crippen molar-refractivity contribution in [3.63, 3.8) is 0 Å². The minimum atomic E-state index is -4.46. The Morgan fingerprint density at radius 3 is 2.74 bits per heavy atom. The molecule has 13 heteroatoms. The lowest BCUT2D eigenvalue weighted by Crippen LogP contribution is -2.51. The quantitative estimate of drug-likeness (QED) is 0.518. The van der Waals surface area contributed by atoms with E-state index in [0.29, 0.717) is 47.9 Å². The number of rotatable bonds is 4. The van der Waals surface area contributed by atoms with E-state index < -0.39 is 18.8 Å². The smallest absolute Gasteiger partial charge is 0.389 e. The van der Waals surface area contributed by atoms with Crippen LogP contribution in [-0.2, 0) is 6.54 Å². The Bertz CT molecular complexity index is 1280. The molecule has 1 spiro atoms. The number of β-amino-alcohol motifs (C(OH)–C–C–N with tert-alkyl or cyclic N) is 1. The van der Waals surface area contributed by atoms with Gasteiger partial charge in [-0.25, -0.2) is 4.79 Å². The lowest BCUT2D eigenvalue weighted by Gasteiger charge is -2.36. The van der Waals surface area contributed by atoms with E-state index in [-0.39, 0.29) is 17.1 Å². The highest BCUT2D eigenvalue weighted by Gasteiger charge is 2.51. The molecule has 0 radical (unpaired) electrons. The monoisotopic (exact) mass is 490 g/mol. The highest BCUT2D eigenvalue weighted by atomic mass is 19.4. The highest BCUT2D eigenvalue weighted by Crippen LogP contribution is 2.48. The largest absolute Gasteiger partial charge is 0.408 e. The molecule has 1 aliphatic carbocycles. The molecule has 3 aromatic heterocycles. The van der Waals surface area contributed by atoms with Crippen LogP contribution in [0.4, 0.5) is 29.5 Å². The van der Waals surface area contributed by atoms with Crippen molar-refractivity contribution in [1.29, 1.82) is 0 Å². The number of H-pyrrole nitrogens is 1. The predicted molar refractivity (Wildman–Crippen MR) is 121 cm³/mol. The first kappa shape index (κ1) is 22.1. The number of alkyl halides is 3. The summed E-state index contributed by atoms with van der Waals surface area (Å²) in [5.74, 6) is 0.353. The number of piperidine rings is 1. The van der Waals surface area contributed by atoms with Crippen LogP contribution >= 0.6 is 0 Å². The number of fused-ring (bicyclic) bond motifs is 1. The number of hydrogen-bond acceptors (Lipinski definition) is 6. The highest BCUT2D eigenvalue weighted by molar-refractivity contribution is 5.96. The molecule has 3 fully saturated rings. The molecule has 35 heavy (non-hydrogen) atoms. The van der Waals surface area contributed by atoms with E-state index in [2.05, 4.69) is 25.6 Å². The van der Waals surface area contributed by atoms with Gasteiger partial charge in [-0.3, -0.25) is 14.8 Å². The Morgan fingerprint density at radius 2 is 2.03 bits per heavy atom. The molecule has 6 rings (SSSR count). The SMILES string of the molecule is O=C(Nc1cn[nH]c1-c1cc2c(cn1)c(N1CC(O)C1)nn2CC(F)(F)F)N1CCCCC12CC2. The fraction of sp³-hybridized carbons (Fsp3) is 0.545. The Balaban J connectivity index is 1.32. The number of halogens is 3. The van der Waals surface area contributed by atoms with Gasteiger partial charge in [0.25, 0.3) is 0 Å². The summed E-state index contributed by atoms with van der Waals surface area (Å²) in [4.78, 5) is 21.1. The van der Waals surface area contributed by atoms with E-state index in [1.807, 2.05) is 4.90 Å². The first-order valence-corrected chi connectivity index (χ1v) is 11.7. The van der Waals surface area contributed by atoms with Crippen LogP contribution in [0.3, 0.4) is 0 Å². The number of aliphatic hydroxyl groups excluding tert-OH is 1.